The Kier molecular flexibility index (Phi) is 6.08. The number of carbonyl (C=O) groups is 1. The summed E-state index contributed by atoms with van der Waals surface area (Å²) in [5, 5.41) is 3.61. The number of nitrogens with one attached hydrogen (secondary N) is 1. The average Bonchev–Trinajstić information content (AvgIpc) is 2.28. The Balaban J connectivity index is 2.29. The highest BCUT2D eigenvalue weighted by Crippen LogP contribution is 2.06. The third kappa shape index (κ3) is 4.75. The molecule has 0 fully saturated rings. The zero-order valence-electron chi connectivity index (χ0n) is 9.01. The SMILES string of the molecule is O=C(CCCCBr)NCc1ccccc1F. The van der Waals surface area contributed by atoms with E-state index in [1.807, 2.05) is 0 Å². The number of halogens is 2. The standard InChI is InChI=1S/C12H15BrFNO/c13-8-4-3-7-12(16)15-9-10-5-1-2-6-11(10)14/h1-2,5-6H,3-4,7-9H2,(H,15,16). The molecule has 1 N–H and O–H groups in total. The van der Waals surface area contributed by atoms with Crippen molar-refractivity contribution in [3.8, 4) is 0 Å². The van der Waals surface area contributed by atoms with Crippen LogP contribution in [-0.2, 0) is 11.3 Å². The molecule has 0 saturated heterocycles. The van der Waals surface area contributed by atoms with Crippen LogP contribution in [-0.4, -0.2) is 11.2 Å². The van der Waals surface area contributed by atoms with Gasteiger partial charge < -0.3 is 5.32 Å². The lowest BCUT2D eigenvalue weighted by Crippen LogP contribution is -2.22. The summed E-state index contributed by atoms with van der Waals surface area (Å²) >= 11 is 3.30. The van der Waals surface area contributed by atoms with Crippen molar-refractivity contribution in [3.05, 3.63) is 35.6 Å². The normalized spacial score (nSPS) is 10.1. The molecular formula is C12H15BrFNO. The number of hydrogen-bond acceptors (Lipinski definition) is 1. The van der Waals surface area contributed by atoms with E-state index in [2.05, 4.69) is 21.2 Å². The maximum Gasteiger partial charge on any atom is 0.220 e. The lowest BCUT2D eigenvalue weighted by molar-refractivity contribution is -0.121. The third-order valence-electron chi connectivity index (χ3n) is 2.22. The number of rotatable bonds is 6. The summed E-state index contributed by atoms with van der Waals surface area (Å²) in [5.74, 6) is -0.299. The number of alkyl halides is 1. The maximum atomic E-state index is 13.2. The highest BCUT2D eigenvalue weighted by molar-refractivity contribution is 9.09. The summed E-state index contributed by atoms with van der Waals surface area (Å²) in [6.07, 6.45) is 2.33. The van der Waals surface area contributed by atoms with Gasteiger partial charge in [-0.25, -0.2) is 4.39 Å². The summed E-state index contributed by atoms with van der Waals surface area (Å²) < 4.78 is 13.2. The topological polar surface area (TPSA) is 29.1 Å². The van der Waals surface area contributed by atoms with Crippen LogP contribution in [0.25, 0.3) is 0 Å². The van der Waals surface area contributed by atoms with Crippen LogP contribution in [0.2, 0.25) is 0 Å². The first-order chi connectivity index (χ1) is 7.74. The minimum Gasteiger partial charge on any atom is -0.352 e. The Morgan fingerprint density at radius 1 is 1.31 bits per heavy atom. The molecule has 0 aliphatic heterocycles. The zero-order chi connectivity index (χ0) is 11.8. The summed E-state index contributed by atoms with van der Waals surface area (Å²) in [5.41, 5.74) is 0.524. The molecule has 0 aliphatic carbocycles. The largest absolute Gasteiger partial charge is 0.352 e. The lowest BCUT2D eigenvalue weighted by Gasteiger charge is -2.05. The van der Waals surface area contributed by atoms with Gasteiger partial charge >= 0.3 is 0 Å². The van der Waals surface area contributed by atoms with E-state index in [0.29, 0.717) is 12.0 Å². The molecule has 16 heavy (non-hydrogen) atoms. The first kappa shape index (κ1) is 13.2. The second-order valence-electron chi connectivity index (χ2n) is 3.51. The molecule has 0 atom stereocenters. The van der Waals surface area contributed by atoms with E-state index >= 15 is 0 Å². The summed E-state index contributed by atoms with van der Waals surface area (Å²) in [6.45, 7) is 0.264. The molecule has 1 aromatic rings. The minimum absolute atomic E-state index is 0.0239. The zero-order valence-corrected chi connectivity index (χ0v) is 10.6. The van der Waals surface area contributed by atoms with Gasteiger partial charge in [-0.2, -0.15) is 0 Å². The van der Waals surface area contributed by atoms with Crippen molar-refractivity contribution in [2.75, 3.05) is 5.33 Å². The molecule has 0 heterocycles. The van der Waals surface area contributed by atoms with Crippen molar-refractivity contribution in [2.24, 2.45) is 0 Å². The van der Waals surface area contributed by atoms with E-state index in [-0.39, 0.29) is 18.3 Å². The monoisotopic (exact) mass is 287 g/mol. The van der Waals surface area contributed by atoms with E-state index < -0.39 is 0 Å². The van der Waals surface area contributed by atoms with Gasteiger partial charge in [-0.05, 0) is 18.9 Å². The van der Waals surface area contributed by atoms with Gasteiger partial charge in [-0.1, -0.05) is 34.1 Å². The van der Waals surface area contributed by atoms with Crippen LogP contribution < -0.4 is 5.32 Å². The third-order valence-corrected chi connectivity index (χ3v) is 2.78. The van der Waals surface area contributed by atoms with E-state index in [1.165, 1.54) is 6.07 Å². The molecule has 4 heteroatoms. The second kappa shape index (κ2) is 7.39. The molecule has 0 aromatic heterocycles. The smallest absolute Gasteiger partial charge is 0.220 e. The van der Waals surface area contributed by atoms with Crippen LogP contribution in [0.4, 0.5) is 4.39 Å². The van der Waals surface area contributed by atoms with Gasteiger partial charge in [0.25, 0.3) is 0 Å². The molecule has 0 bridgehead atoms. The number of carbonyl (C=O) groups excluding carboxylic acids is 1. The second-order valence-corrected chi connectivity index (χ2v) is 4.31. The van der Waals surface area contributed by atoms with Gasteiger partial charge in [0.15, 0.2) is 0 Å². The van der Waals surface area contributed by atoms with Crippen molar-refractivity contribution in [3.63, 3.8) is 0 Å². The Morgan fingerprint density at radius 3 is 2.75 bits per heavy atom. The molecule has 0 unspecified atom stereocenters. The summed E-state index contributed by atoms with van der Waals surface area (Å²) in [7, 11) is 0. The Hall–Kier alpha value is -0.900. The van der Waals surface area contributed by atoms with E-state index in [9.17, 15) is 9.18 Å². The van der Waals surface area contributed by atoms with Gasteiger partial charge in [0.05, 0.1) is 0 Å². The molecule has 1 aromatic carbocycles. The fourth-order valence-corrected chi connectivity index (χ4v) is 1.70. The molecule has 0 spiro atoms. The van der Waals surface area contributed by atoms with Gasteiger partial charge in [0.1, 0.15) is 5.82 Å². The van der Waals surface area contributed by atoms with Crippen molar-refractivity contribution in [1.82, 2.24) is 5.32 Å². The predicted octanol–water partition coefficient (Wildman–Crippen LogP) is 3.01. The summed E-state index contributed by atoms with van der Waals surface area (Å²) in [6, 6.07) is 6.46. The number of hydrogen-bond donors (Lipinski definition) is 1. The van der Waals surface area contributed by atoms with Crippen molar-refractivity contribution in [1.29, 1.82) is 0 Å². The highest BCUT2D eigenvalue weighted by atomic mass is 79.9. The number of benzene rings is 1. The van der Waals surface area contributed by atoms with Gasteiger partial charge in [-0.3, -0.25) is 4.79 Å². The van der Waals surface area contributed by atoms with Crippen LogP contribution in [0, 0.1) is 5.82 Å². The quantitative estimate of drug-likeness (QED) is 0.632. The maximum absolute atomic E-state index is 13.2. The van der Waals surface area contributed by atoms with Crippen LogP contribution >= 0.6 is 15.9 Å². The van der Waals surface area contributed by atoms with E-state index in [0.717, 1.165) is 18.2 Å². The molecule has 0 radical (unpaired) electrons. The molecule has 0 saturated carbocycles. The Bertz CT molecular complexity index is 344. The van der Waals surface area contributed by atoms with E-state index in [1.54, 1.807) is 18.2 Å². The predicted molar refractivity (Wildman–Crippen MR) is 65.9 cm³/mol. The van der Waals surface area contributed by atoms with Crippen molar-refractivity contribution in [2.45, 2.75) is 25.8 Å². The molecule has 1 rings (SSSR count). The van der Waals surface area contributed by atoms with Crippen LogP contribution in [0.3, 0.4) is 0 Å². The van der Waals surface area contributed by atoms with Crippen LogP contribution in [0.15, 0.2) is 24.3 Å². The minimum atomic E-state index is -0.275. The number of amides is 1. The molecule has 88 valence electrons. The Morgan fingerprint density at radius 2 is 2.06 bits per heavy atom. The van der Waals surface area contributed by atoms with Gasteiger partial charge in [0, 0.05) is 23.9 Å². The fourth-order valence-electron chi connectivity index (χ4n) is 1.30. The van der Waals surface area contributed by atoms with Crippen molar-refractivity contribution < 1.29 is 9.18 Å². The molecule has 2 nitrogen and oxygen atoms in total. The average molecular weight is 288 g/mol. The molecular weight excluding hydrogens is 273 g/mol. The van der Waals surface area contributed by atoms with Crippen molar-refractivity contribution >= 4 is 21.8 Å². The van der Waals surface area contributed by atoms with Crippen LogP contribution in [0.1, 0.15) is 24.8 Å². The van der Waals surface area contributed by atoms with E-state index in [4.69, 9.17) is 0 Å². The number of unbranched alkanes of at least 4 members (excludes halogenated alkanes) is 1. The van der Waals surface area contributed by atoms with Crippen LogP contribution in [0.5, 0.6) is 0 Å². The van der Waals surface area contributed by atoms with Gasteiger partial charge in [-0.15, -0.1) is 0 Å². The highest BCUT2D eigenvalue weighted by Gasteiger charge is 2.03. The Labute approximate surface area is 103 Å². The van der Waals surface area contributed by atoms with Gasteiger partial charge in [0.2, 0.25) is 5.91 Å². The lowest BCUT2D eigenvalue weighted by atomic mass is 10.2. The summed E-state index contributed by atoms with van der Waals surface area (Å²) in [4.78, 5) is 11.4. The fraction of sp³-hybridized carbons (Fsp3) is 0.417. The first-order valence-electron chi connectivity index (χ1n) is 5.30. The molecule has 0 aliphatic rings. The molecule has 1 amide bonds. The first-order valence-corrected chi connectivity index (χ1v) is 6.42.